The van der Waals surface area contributed by atoms with Crippen LogP contribution in [0, 0.1) is 28.6 Å². The summed E-state index contributed by atoms with van der Waals surface area (Å²) in [5.41, 5.74) is 5.35. The second-order valence-corrected chi connectivity index (χ2v) is 10.6. The maximum atomic E-state index is 13.3. The van der Waals surface area contributed by atoms with E-state index in [1.54, 1.807) is 18.0 Å². The average Bonchev–Trinajstić information content (AvgIpc) is 3.04. The first kappa shape index (κ1) is 20.5. The number of nitrogens with one attached hydrogen (secondary N) is 1. The lowest BCUT2D eigenvalue weighted by Gasteiger charge is -2.59. The van der Waals surface area contributed by atoms with Gasteiger partial charge < -0.3 is 16.0 Å². The zero-order chi connectivity index (χ0) is 21.8. The third kappa shape index (κ3) is 3.33. The smallest absolute Gasteiger partial charge is 0.238 e. The molecule has 3 amide bonds. The van der Waals surface area contributed by atoms with Gasteiger partial charge in [0.05, 0.1) is 0 Å². The van der Waals surface area contributed by atoms with Crippen molar-refractivity contribution in [2.45, 2.75) is 57.9 Å². The molecule has 3 atom stereocenters. The molecule has 4 bridgehead atoms. The van der Waals surface area contributed by atoms with Crippen molar-refractivity contribution in [2.24, 2.45) is 34.3 Å². The van der Waals surface area contributed by atoms with Crippen LogP contribution in [0.2, 0.25) is 0 Å². The molecule has 3 N–H and O–H groups in total. The minimum atomic E-state index is -1.01. The van der Waals surface area contributed by atoms with Crippen LogP contribution in [0.1, 0.15) is 51.1 Å². The molecule has 31 heavy (non-hydrogen) atoms. The zero-order valence-electron chi connectivity index (χ0n) is 18.2. The van der Waals surface area contributed by atoms with Crippen molar-refractivity contribution in [3.05, 3.63) is 30.1 Å². The van der Waals surface area contributed by atoms with E-state index in [-0.39, 0.29) is 29.2 Å². The number of nitrogens with two attached hydrogens (primary N) is 1. The number of likely N-dealkylation sites (tertiary alicyclic amines) is 1. The summed E-state index contributed by atoms with van der Waals surface area (Å²) in [4.78, 5) is 44.8. The van der Waals surface area contributed by atoms with Gasteiger partial charge in [-0.25, -0.2) is 0 Å². The van der Waals surface area contributed by atoms with Gasteiger partial charge >= 0.3 is 0 Å². The molecule has 1 aromatic rings. The quantitative estimate of drug-likeness (QED) is 0.678. The lowest BCUT2D eigenvalue weighted by atomic mass is 9.47. The number of nitrogens with zero attached hydrogens (tertiary/aromatic N) is 2. The zero-order valence-corrected chi connectivity index (χ0v) is 18.2. The van der Waals surface area contributed by atoms with E-state index in [9.17, 15) is 14.4 Å². The number of hydrogen-bond acceptors (Lipinski definition) is 4. The Morgan fingerprint density at radius 3 is 2.61 bits per heavy atom. The number of aromatic nitrogens is 1. The summed E-state index contributed by atoms with van der Waals surface area (Å²) in [6, 6.07) is 5.83. The van der Waals surface area contributed by atoms with Crippen LogP contribution in [0.5, 0.6) is 0 Å². The number of pyridine rings is 1. The highest BCUT2D eigenvalue weighted by molar-refractivity contribution is 6.06. The van der Waals surface area contributed by atoms with Crippen LogP contribution in [0.15, 0.2) is 24.4 Å². The molecule has 4 saturated carbocycles. The van der Waals surface area contributed by atoms with Crippen LogP contribution in [-0.2, 0) is 20.8 Å². The molecular weight excluding hydrogens is 392 g/mol. The molecule has 0 radical (unpaired) electrons. The summed E-state index contributed by atoms with van der Waals surface area (Å²) in [5.74, 6) is 0.731. The highest BCUT2D eigenvalue weighted by atomic mass is 16.2. The van der Waals surface area contributed by atoms with Crippen molar-refractivity contribution in [3.8, 4) is 0 Å². The minimum absolute atomic E-state index is 0.0590. The molecule has 1 aliphatic heterocycles. The molecule has 2 heterocycles. The van der Waals surface area contributed by atoms with Crippen LogP contribution in [0.3, 0.4) is 0 Å². The summed E-state index contributed by atoms with van der Waals surface area (Å²) in [6.07, 6.45) is 7.56. The van der Waals surface area contributed by atoms with Gasteiger partial charge in [0.1, 0.15) is 5.41 Å². The van der Waals surface area contributed by atoms with Crippen molar-refractivity contribution >= 4 is 17.7 Å². The van der Waals surface area contributed by atoms with Gasteiger partial charge in [0.2, 0.25) is 17.7 Å². The second-order valence-electron chi connectivity index (χ2n) is 10.6. The Morgan fingerprint density at radius 2 is 1.97 bits per heavy atom. The predicted molar refractivity (Wildman–Crippen MR) is 114 cm³/mol. The number of carbonyl (C=O) groups is 3. The van der Waals surface area contributed by atoms with Crippen LogP contribution in [0.25, 0.3) is 0 Å². The van der Waals surface area contributed by atoms with E-state index in [1.807, 2.05) is 18.2 Å². The molecular formula is C24H32N4O3. The van der Waals surface area contributed by atoms with Crippen LogP contribution in [-0.4, -0.2) is 46.7 Å². The topological polar surface area (TPSA) is 105 Å². The lowest BCUT2D eigenvalue weighted by Crippen LogP contribution is -2.63. The number of rotatable bonds is 6. The van der Waals surface area contributed by atoms with E-state index in [4.69, 9.17) is 5.73 Å². The molecule has 5 fully saturated rings. The first-order valence-electron chi connectivity index (χ1n) is 11.6. The molecule has 0 spiro atoms. The normalized spacial score (nSPS) is 38.5. The Hall–Kier alpha value is -2.44. The maximum absolute atomic E-state index is 13.3. The van der Waals surface area contributed by atoms with Gasteiger partial charge in [0.15, 0.2) is 0 Å². The largest absolute Gasteiger partial charge is 0.369 e. The predicted octanol–water partition coefficient (Wildman–Crippen LogP) is 1.66. The molecule has 6 rings (SSSR count). The van der Waals surface area contributed by atoms with Crippen molar-refractivity contribution in [2.75, 3.05) is 13.1 Å². The van der Waals surface area contributed by atoms with E-state index in [0.29, 0.717) is 43.7 Å². The van der Waals surface area contributed by atoms with Crippen molar-refractivity contribution in [1.29, 1.82) is 0 Å². The minimum Gasteiger partial charge on any atom is -0.369 e. The molecule has 3 unspecified atom stereocenters. The fourth-order valence-corrected chi connectivity index (χ4v) is 7.01. The SMILES string of the molecule is CC1(C(=O)NC2C3CC4CC2CC(C(N)=O)(C4)C3)CCN(CCc2ccccn2)C1=O. The Morgan fingerprint density at radius 1 is 1.23 bits per heavy atom. The molecule has 5 aliphatic rings. The Labute approximate surface area is 183 Å². The number of carbonyl (C=O) groups excluding carboxylic acids is 3. The third-order valence-electron chi connectivity index (χ3n) is 8.60. The Balaban J connectivity index is 1.24. The molecule has 7 heteroatoms. The summed E-state index contributed by atoms with van der Waals surface area (Å²) >= 11 is 0. The summed E-state index contributed by atoms with van der Waals surface area (Å²) in [5, 5.41) is 3.27. The monoisotopic (exact) mass is 424 g/mol. The van der Waals surface area contributed by atoms with Gasteiger partial charge in [-0.2, -0.15) is 0 Å². The van der Waals surface area contributed by atoms with Crippen molar-refractivity contribution in [1.82, 2.24) is 15.2 Å². The van der Waals surface area contributed by atoms with Crippen LogP contribution >= 0.6 is 0 Å². The third-order valence-corrected chi connectivity index (χ3v) is 8.60. The Kier molecular flexibility index (Phi) is 4.83. The first-order valence-corrected chi connectivity index (χ1v) is 11.6. The van der Waals surface area contributed by atoms with Gasteiger partial charge in [-0.3, -0.25) is 19.4 Å². The maximum Gasteiger partial charge on any atom is 0.238 e. The standard InChI is InChI=1S/C24H32N4O3/c1-23(6-9-28(22(23)31)8-5-18-4-2-3-7-26-18)21(30)27-19-16-10-15-11-17(19)14-24(12-15,13-16)20(25)29/h2-4,7,15-17,19H,5-6,8-14H2,1H3,(H2,25,29)(H,27,30). The lowest BCUT2D eigenvalue weighted by molar-refractivity contribution is -0.151. The summed E-state index contributed by atoms with van der Waals surface area (Å²) in [7, 11) is 0. The summed E-state index contributed by atoms with van der Waals surface area (Å²) in [6.45, 7) is 2.96. The molecule has 1 saturated heterocycles. The van der Waals surface area contributed by atoms with E-state index in [0.717, 1.165) is 37.8 Å². The molecule has 1 aromatic heterocycles. The van der Waals surface area contributed by atoms with Gasteiger partial charge in [-0.05, 0) is 75.3 Å². The number of amides is 3. The number of hydrogen-bond donors (Lipinski definition) is 2. The van der Waals surface area contributed by atoms with E-state index >= 15 is 0 Å². The van der Waals surface area contributed by atoms with E-state index in [2.05, 4.69) is 10.3 Å². The van der Waals surface area contributed by atoms with Crippen LogP contribution < -0.4 is 11.1 Å². The van der Waals surface area contributed by atoms with Gasteiger partial charge in [0.25, 0.3) is 0 Å². The fraction of sp³-hybridized carbons (Fsp3) is 0.667. The number of primary amides is 1. The average molecular weight is 425 g/mol. The fourth-order valence-electron chi connectivity index (χ4n) is 7.01. The highest BCUT2D eigenvalue weighted by Gasteiger charge is 2.59. The molecule has 4 aliphatic carbocycles. The van der Waals surface area contributed by atoms with Crippen molar-refractivity contribution in [3.63, 3.8) is 0 Å². The van der Waals surface area contributed by atoms with Gasteiger partial charge in [-0.1, -0.05) is 6.07 Å². The van der Waals surface area contributed by atoms with E-state index < -0.39 is 5.41 Å². The Bertz CT molecular complexity index is 887. The summed E-state index contributed by atoms with van der Waals surface area (Å²) < 4.78 is 0. The first-order chi connectivity index (χ1) is 14.8. The molecule has 0 aromatic carbocycles. The van der Waals surface area contributed by atoms with Gasteiger partial charge in [0, 0.05) is 42.9 Å². The molecule has 166 valence electrons. The van der Waals surface area contributed by atoms with Crippen LogP contribution in [0.4, 0.5) is 0 Å². The highest BCUT2D eigenvalue weighted by Crippen LogP contribution is 2.60. The molecule has 7 nitrogen and oxygen atoms in total. The van der Waals surface area contributed by atoms with Gasteiger partial charge in [-0.15, -0.1) is 0 Å². The second kappa shape index (κ2) is 7.31. The van der Waals surface area contributed by atoms with Crippen molar-refractivity contribution < 1.29 is 14.4 Å². The van der Waals surface area contributed by atoms with E-state index in [1.165, 1.54) is 0 Å².